The molecule has 2 fully saturated rings. The average Bonchev–Trinajstić information content (AvgIpc) is 2.86. The zero-order valence-corrected chi connectivity index (χ0v) is 10.6. The molecule has 0 saturated carbocycles. The predicted octanol–water partition coefficient (Wildman–Crippen LogP) is -0.486. The van der Waals surface area contributed by atoms with Gasteiger partial charge in [-0.25, -0.2) is 0 Å². The lowest BCUT2D eigenvalue weighted by Gasteiger charge is -2.33. The second-order valence-electron chi connectivity index (χ2n) is 4.93. The van der Waals surface area contributed by atoms with Gasteiger partial charge in [-0.2, -0.15) is 0 Å². The van der Waals surface area contributed by atoms with Crippen LogP contribution in [0.5, 0.6) is 0 Å². The summed E-state index contributed by atoms with van der Waals surface area (Å²) in [5, 5.41) is 0. The van der Waals surface area contributed by atoms with E-state index in [0.717, 1.165) is 39.1 Å². The van der Waals surface area contributed by atoms with Gasteiger partial charge in [0.25, 0.3) is 5.91 Å². The van der Waals surface area contributed by atoms with Gasteiger partial charge in [0.05, 0.1) is 6.61 Å². The largest absolute Gasteiger partial charge is 0.366 e. The van der Waals surface area contributed by atoms with Crippen LogP contribution in [-0.4, -0.2) is 67.7 Å². The molecule has 2 aliphatic rings. The van der Waals surface area contributed by atoms with Crippen LogP contribution >= 0.6 is 0 Å². The van der Waals surface area contributed by atoms with Crippen molar-refractivity contribution in [3.05, 3.63) is 0 Å². The summed E-state index contributed by atoms with van der Waals surface area (Å²) in [5.74, 6) is 0.629. The second-order valence-corrected chi connectivity index (χ2v) is 4.93. The fourth-order valence-corrected chi connectivity index (χ4v) is 2.57. The van der Waals surface area contributed by atoms with Gasteiger partial charge >= 0.3 is 0 Å². The first-order chi connectivity index (χ1) is 8.24. The topological polar surface area (TPSA) is 58.8 Å². The molecule has 2 saturated heterocycles. The first-order valence-corrected chi connectivity index (χ1v) is 6.57. The standard InChI is InChI=1S/C12H23N3O2/c1-2-14-5-6-17-11(9-14)12(16)15-4-3-10(7-13)8-15/h10-11H,2-9,13H2,1H3. The van der Waals surface area contributed by atoms with Gasteiger partial charge in [-0.3, -0.25) is 9.69 Å². The third-order valence-corrected chi connectivity index (χ3v) is 3.80. The Morgan fingerprint density at radius 3 is 2.88 bits per heavy atom. The van der Waals surface area contributed by atoms with E-state index in [9.17, 15) is 4.79 Å². The third kappa shape index (κ3) is 2.97. The van der Waals surface area contributed by atoms with E-state index in [0.29, 0.717) is 19.1 Å². The Labute approximate surface area is 103 Å². The molecule has 5 nitrogen and oxygen atoms in total. The molecule has 0 aliphatic carbocycles. The number of carbonyl (C=O) groups is 1. The molecule has 2 unspecified atom stereocenters. The number of morpholine rings is 1. The van der Waals surface area contributed by atoms with Gasteiger partial charge in [-0.1, -0.05) is 6.92 Å². The highest BCUT2D eigenvalue weighted by molar-refractivity contribution is 5.81. The number of ether oxygens (including phenoxy) is 1. The summed E-state index contributed by atoms with van der Waals surface area (Å²) < 4.78 is 5.59. The highest BCUT2D eigenvalue weighted by atomic mass is 16.5. The van der Waals surface area contributed by atoms with Gasteiger partial charge in [-0.05, 0) is 25.4 Å². The average molecular weight is 241 g/mol. The van der Waals surface area contributed by atoms with Crippen molar-refractivity contribution in [2.24, 2.45) is 11.7 Å². The van der Waals surface area contributed by atoms with E-state index in [1.165, 1.54) is 0 Å². The van der Waals surface area contributed by atoms with Crippen molar-refractivity contribution in [2.45, 2.75) is 19.4 Å². The Kier molecular flexibility index (Phi) is 4.36. The van der Waals surface area contributed by atoms with Crippen molar-refractivity contribution in [2.75, 3.05) is 45.9 Å². The summed E-state index contributed by atoms with van der Waals surface area (Å²) in [6, 6.07) is 0. The van der Waals surface area contributed by atoms with Crippen LogP contribution in [0.3, 0.4) is 0 Å². The van der Waals surface area contributed by atoms with Crippen LogP contribution in [-0.2, 0) is 9.53 Å². The molecular formula is C12H23N3O2. The van der Waals surface area contributed by atoms with Crippen molar-refractivity contribution in [3.63, 3.8) is 0 Å². The molecule has 1 amide bonds. The number of hydrogen-bond acceptors (Lipinski definition) is 4. The Hall–Kier alpha value is -0.650. The summed E-state index contributed by atoms with van der Waals surface area (Å²) in [5.41, 5.74) is 5.64. The molecule has 17 heavy (non-hydrogen) atoms. The molecule has 0 spiro atoms. The Morgan fingerprint density at radius 2 is 2.24 bits per heavy atom. The van der Waals surface area contributed by atoms with E-state index in [-0.39, 0.29) is 12.0 Å². The van der Waals surface area contributed by atoms with Gasteiger partial charge in [0, 0.05) is 26.2 Å². The second kappa shape index (κ2) is 5.80. The SMILES string of the molecule is CCN1CCOC(C(=O)N2CCC(CN)C2)C1. The fraction of sp³-hybridized carbons (Fsp3) is 0.917. The van der Waals surface area contributed by atoms with Crippen molar-refractivity contribution in [1.29, 1.82) is 0 Å². The summed E-state index contributed by atoms with van der Waals surface area (Å²) in [6.45, 7) is 7.76. The van der Waals surface area contributed by atoms with E-state index < -0.39 is 0 Å². The van der Waals surface area contributed by atoms with Gasteiger partial charge in [0.1, 0.15) is 6.10 Å². The van der Waals surface area contributed by atoms with Crippen LogP contribution in [0.1, 0.15) is 13.3 Å². The number of nitrogens with two attached hydrogens (primary N) is 1. The van der Waals surface area contributed by atoms with Crippen molar-refractivity contribution >= 4 is 5.91 Å². The lowest BCUT2D eigenvalue weighted by molar-refractivity contribution is -0.148. The molecule has 2 atom stereocenters. The molecule has 2 aliphatic heterocycles. The Balaban J connectivity index is 1.87. The van der Waals surface area contributed by atoms with Crippen LogP contribution < -0.4 is 5.73 Å². The first kappa shape index (κ1) is 12.8. The van der Waals surface area contributed by atoms with Gasteiger partial charge in [0.2, 0.25) is 0 Å². The van der Waals surface area contributed by atoms with Crippen molar-refractivity contribution in [1.82, 2.24) is 9.80 Å². The van der Waals surface area contributed by atoms with E-state index in [2.05, 4.69) is 11.8 Å². The number of likely N-dealkylation sites (N-methyl/N-ethyl adjacent to an activating group) is 1. The first-order valence-electron chi connectivity index (χ1n) is 6.57. The Morgan fingerprint density at radius 1 is 1.41 bits per heavy atom. The number of likely N-dealkylation sites (tertiary alicyclic amines) is 1. The van der Waals surface area contributed by atoms with E-state index in [4.69, 9.17) is 10.5 Å². The van der Waals surface area contributed by atoms with Crippen LogP contribution in [0.25, 0.3) is 0 Å². The Bertz CT molecular complexity index is 272. The van der Waals surface area contributed by atoms with Crippen LogP contribution in [0.15, 0.2) is 0 Å². The lowest BCUT2D eigenvalue weighted by atomic mass is 10.1. The summed E-state index contributed by atoms with van der Waals surface area (Å²) in [6.07, 6.45) is 0.770. The quantitative estimate of drug-likeness (QED) is 0.724. The van der Waals surface area contributed by atoms with E-state index in [1.54, 1.807) is 0 Å². The number of hydrogen-bond donors (Lipinski definition) is 1. The maximum absolute atomic E-state index is 12.3. The maximum atomic E-state index is 12.3. The minimum atomic E-state index is -0.264. The smallest absolute Gasteiger partial charge is 0.253 e. The van der Waals surface area contributed by atoms with Crippen molar-refractivity contribution < 1.29 is 9.53 Å². The number of carbonyl (C=O) groups excluding carboxylic acids is 1. The zero-order valence-electron chi connectivity index (χ0n) is 10.6. The van der Waals surface area contributed by atoms with Gasteiger partial charge in [0.15, 0.2) is 0 Å². The molecule has 0 aromatic rings. The normalized spacial score (nSPS) is 30.8. The van der Waals surface area contributed by atoms with Gasteiger partial charge < -0.3 is 15.4 Å². The molecule has 0 aromatic heterocycles. The van der Waals surface area contributed by atoms with Crippen LogP contribution in [0.4, 0.5) is 0 Å². The molecule has 0 radical (unpaired) electrons. The molecule has 2 rings (SSSR count). The minimum absolute atomic E-state index is 0.152. The number of amides is 1. The minimum Gasteiger partial charge on any atom is -0.366 e. The van der Waals surface area contributed by atoms with Crippen LogP contribution in [0, 0.1) is 5.92 Å². The van der Waals surface area contributed by atoms with E-state index in [1.807, 2.05) is 4.90 Å². The summed E-state index contributed by atoms with van der Waals surface area (Å²) in [4.78, 5) is 16.4. The van der Waals surface area contributed by atoms with E-state index >= 15 is 0 Å². The monoisotopic (exact) mass is 241 g/mol. The highest BCUT2D eigenvalue weighted by Crippen LogP contribution is 2.17. The maximum Gasteiger partial charge on any atom is 0.253 e. The molecule has 0 aromatic carbocycles. The highest BCUT2D eigenvalue weighted by Gasteiger charge is 2.33. The fourth-order valence-electron chi connectivity index (χ4n) is 2.57. The lowest BCUT2D eigenvalue weighted by Crippen LogP contribution is -2.50. The number of nitrogens with zero attached hydrogens (tertiary/aromatic N) is 2. The van der Waals surface area contributed by atoms with Crippen molar-refractivity contribution in [3.8, 4) is 0 Å². The van der Waals surface area contributed by atoms with Crippen LogP contribution in [0.2, 0.25) is 0 Å². The number of rotatable bonds is 3. The summed E-state index contributed by atoms with van der Waals surface area (Å²) in [7, 11) is 0. The summed E-state index contributed by atoms with van der Waals surface area (Å²) >= 11 is 0. The molecule has 0 bridgehead atoms. The zero-order chi connectivity index (χ0) is 12.3. The molecule has 2 N–H and O–H groups in total. The van der Waals surface area contributed by atoms with Gasteiger partial charge in [-0.15, -0.1) is 0 Å². The molecule has 2 heterocycles. The molecule has 98 valence electrons. The third-order valence-electron chi connectivity index (χ3n) is 3.80. The molecule has 5 heteroatoms. The predicted molar refractivity (Wildman–Crippen MR) is 65.6 cm³/mol. The molecular weight excluding hydrogens is 218 g/mol.